The molecule has 7 heteroatoms. The van der Waals surface area contributed by atoms with Gasteiger partial charge in [0.25, 0.3) is 0 Å². The highest BCUT2D eigenvalue weighted by atomic mass is 16.2. The molecule has 34 heavy (non-hydrogen) atoms. The second kappa shape index (κ2) is 10.9. The van der Waals surface area contributed by atoms with Crippen molar-refractivity contribution in [1.82, 2.24) is 24.7 Å². The van der Waals surface area contributed by atoms with Crippen molar-refractivity contribution in [3.63, 3.8) is 0 Å². The minimum absolute atomic E-state index is 0.106. The fraction of sp³-hybridized carbons (Fsp3) is 0.815. The summed E-state index contributed by atoms with van der Waals surface area (Å²) in [5.41, 5.74) is -0.738. The van der Waals surface area contributed by atoms with Gasteiger partial charge < -0.3 is 24.5 Å². The topological polar surface area (TPSA) is 70.5 Å². The third-order valence-corrected chi connectivity index (χ3v) is 7.88. The van der Waals surface area contributed by atoms with Crippen LogP contribution in [-0.4, -0.2) is 75.8 Å². The molecule has 0 radical (unpaired) electrons. The molecule has 2 aliphatic heterocycles. The van der Waals surface area contributed by atoms with E-state index in [2.05, 4.69) is 53.7 Å². The van der Waals surface area contributed by atoms with Gasteiger partial charge in [0.1, 0.15) is 17.6 Å². The van der Waals surface area contributed by atoms with Crippen molar-refractivity contribution < 1.29 is 9.59 Å². The number of nitrogens with zero attached hydrogens (tertiary/aromatic N) is 4. The van der Waals surface area contributed by atoms with Crippen molar-refractivity contribution in [3.05, 3.63) is 18.2 Å². The van der Waals surface area contributed by atoms with E-state index in [0.717, 1.165) is 58.0 Å². The number of carbonyl (C=O) groups is 2. The number of imidazole rings is 1. The Morgan fingerprint density at radius 3 is 2.47 bits per heavy atom. The van der Waals surface area contributed by atoms with E-state index < -0.39 is 5.54 Å². The number of amides is 1. The van der Waals surface area contributed by atoms with Crippen LogP contribution in [-0.2, 0) is 16.0 Å². The van der Waals surface area contributed by atoms with Gasteiger partial charge in [0.2, 0.25) is 5.91 Å². The number of piperazine rings is 1. The number of nitrogens with one attached hydrogen (secondary N) is 1. The monoisotopic (exact) mass is 471 g/mol. The zero-order valence-electron chi connectivity index (χ0n) is 21.7. The Hall–Kier alpha value is -1.73. The quantitative estimate of drug-likeness (QED) is 0.502. The van der Waals surface area contributed by atoms with Crippen LogP contribution in [0.2, 0.25) is 0 Å². The first-order valence-corrected chi connectivity index (χ1v) is 13.6. The van der Waals surface area contributed by atoms with Crippen molar-refractivity contribution in [3.8, 4) is 0 Å². The third kappa shape index (κ3) is 5.91. The van der Waals surface area contributed by atoms with Crippen LogP contribution in [0, 0.1) is 17.8 Å². The first kappa shape index (κ1) is 25.4. The molecule has 0 bridgehead atoms. The first-order valence-electron chi connectivity index (χ1n) is 13.6. The maximum atomic E-state index is 13.5. The Kier molecular flexibility index (Phi) is 8.13. The molecule has 1 N–H and O–H groups in total. The van der Waals surface area contributed by atoms with Crippen molar-refractivity contribution >= 4 is 12.2 Å². The van der Waals surface area contributed by atoms with Crippen LogP contribution >= 0.6 is 0 Å². The number of hydrogen-bond donors (Lipinski definition) is 1. The van der Waals surface area contributed by atoms with Crippen LogP contribution in [0.25, 0.3) is 0 Å². The molecule has 0 unspecified atom stereocenters. The third-order valence-electron chi connectivity index (χ3n) is 7.88. The van der Waals surface area contributed by atoms with Gasteiger partial charge in [-0.1, -0.05) is 27.7 Å². The Bertz CT molecular complexity index is 825. The zero-order chi connectivity index (χ0) is 24.3. The molecule has 1 aromatic rings. The maximum absolute atomic E-state index is 13.5. The molecule has 0 spiro atoms. The highest BCUT2D eigenvalue weighted by Gasteiger charge is 2.45. The summed E-state index contributed by atoms with van der Waals surface area (Å²) in [6.45, 7) is 12.6. The molecular formula is C27H45N5O2. The Balaban J connectivity index is 1.40. The van der Waals surface area contributed by atoms with Crippen molar-refractivity contribution in [2.75, 3.05) is 32.7 Å². The second-order valence-electron chi connectivity index (χ2n) is 11.9. The molecule has 1 aliphatic carbocycles. The fourth-order valence-electron chi connectivity index (χ4n) is 6.13. The lowest BCUT2D eigenvalue weighted by atomic mass is 9.84. The van der Waals surface area contributed by atoms with E-state index in [1.807, 2.05) is 11.1 Å². The van der Waals surface area contributed by atoms with Gasteiger partial charge in [-0.25, -0.2) is 4.98 Å². The largest absolute Gasteiger partial charge is 0.332 e. The molecule has 3 heterocycles. The van der Waals surface area contributed by atoms with Gasteiger partial charge in [0.15, 0.2) is 0 Å². The Morgan fingerprint density at radius 2 is 1.85 bits per heavy atom. The van der Waals surface area contributed by atoms with Gasteiger partial charge in [-0.05, 0) is 69.4 Å². The SMILES string of the molecule is CC(C)C[C@@H]1NCCN([C@](C=O)(CC(C)C)CN2CCC(Cc3nccn3C3CC3)CC2)C1=O. The maximum Gasteiger partial charge on any atom is 0.240 e. The molecule has 1 aromatic heterocycles. The van der Waals surface area contributed by atoms with E-state index in [1.165, 1.54) is 18.7 Å². The molecule has 4 rings (SSSR count). The van der Waals surface area contributed by atoms with Gasteiger partial charge in [0, 0.05) is 44.5 Å². The number of piperidine rings is 1. The molecule has 0 aromatic carbocycles. The van der Waals surface area contributed by atoms with E-state index in [1.54, 1.807) is 0 Å². The summed E-state index contributed by atoms with van der Waals surface area (Å²) in [6, 6.07) is 0.499. The van der Waals surface area contributed by atoms with Gasteiger partial charge in [-0.2, -0.15) is 0 Å². The molecule has 1 amide bonds. The number of aromatic nitrogens is 2. The van der Waals surface area contributed by atoms with E-state index in [0.29, 0.717) is 36.9 Å². The summed E-state index contributed by atoms with van der Waals surface area (Å²) in [5, 5.41) is 3.40. The number of rotatable bonds is 11. The lowest BCUT2D eigenvalue weighted by molar-refractivity contribution is -0.149. The lowest BCUT2D eigenvalue weighted by Crippen LogP contribution is -2.67. The zero-order valence-corrected chi connectivity index (χ0v) is 21.7. The predicted molar refractivity (Wildman–Crippen MR) is 135 cm³/mol. The van der Waals surface area contributed by atoms with Crippen molar-refractivity contribution in [2.24, 2.45) is 17.8 Å². The molecule has 2 saturated heterocycles. The first-order chi connectivity index (χ1) is 16.3. The summed E-state index contributed by atoms with van der Waals surface area (Å²) in [6.07, 6.45) is 12.6. The predicted octanol–water partition coefficient (Wildman–Crippen LogP) is 3.30. The summed E-state index contributed by atoms with van der Waals surface area (Å²) in [7, 11) is 0. The van der Waals surface area contributed by atoms with Gasteiger partial charge in [0.05, 0.1) is 6.04 Å². The number of likely N-dealkylation sites (tertiary alicyclic amines) is 1. The van der Waals surface area contributed by atoms with Gasteiger partial charge in [-0.3, -0.25) is 4.79 Å². The van der Waals surface area contributed by atoms with Crippen molar-refractivity contribution in [2.45, 2.75) is 90.3 Å². The van der Waals surface area contributed by atoms with Gasteiger partial charge in [-0.15, -0.1) is 0 Å². The lowest BCUT2D eigenvalue weighted by Gasteiger charge is -2.48. The average molecular weight is 472 g/mol. The molecule has 3 fully saturated rings. The van der Waals surface area contributed by atoms with E-state index >= 15 is 0 Å². The molecular weight excluding hydrogens is 426 g/mol. The summed E-state index contributed by atoms with van der Waals surface area (Å²) >= 11 is 0. The standard InChI is InChI=1S/C27H45N5O2/c1-20(2)15-24-26(34)32(14-10-28-24)27(19-33,17-21(3)4)18-30-11-7-22(8-12-30)16-25-29-9-13-31(25)23-5-6-23/h9,13,19-24,28H,5-8,10-12,14-18H2,1-4H3/t24-,27+/m0/s1. The minimum Gasteiger partial charge on any atom is -0.332 e. The van der Waals surface area contributed by atoms with Crippen LogP contribution < -0.4 is 5.32 Å². The molecule has 7 nitrogen and oxygen atoms in total. The van der Waals surface area contributed by atoms with Gasteiger partial charge >= 0.3 is 0 Å². The molecule has 3 aliphatic rings. The Morgan fingerprint density at radius 1 is 1.12 bits per heavy atom. The fourth-order valence-corrected chi connectivity index (χ4v) is 6.13. The number of carbonyl (C=O) groups excluding carboxylic acids is 2. The Labute approximate surface area is 205 Å². The molecule has 1 saturated carbocycles. The summed E-state index contributed by atoms with van der Waals surface area (Å²) in [5.74, 6) is 2.77. The number of hydrogen-bond acceptors (Lipinski definition) is 5. The smallest absolute Gasteiger partial charge is 0.240 e. The van der Waals surface area contributed by atoms with Crippen LogP contribution in [0.1, 0.15) is 78.1 Å². The average Bonchev–Trinajstić information content (AvgIpc) is 3.54. The van der Waals surface area contributed by atoms with Crippen LogP contribution in [0.15, 0.2) is 12.4 Å². The summed E-state index contributed by atoms with van der Waals surface area (Å²) < 4.78 is 2.38. The van der Waals surface area contributed by atoms with Crippen molar-refractivity contribution in [1.29, 1.82) is 0 Å². The normalized spacial score (nSPS) is 24.7. The molecule has 2 atom stereocenters. The number of aldehydes is 1. The van der Waals surface area contributed by atoms with Crippen LogP contribution in [0.4, 0.5) is 0 Å². The van der Waals surface area contributed by atoms with E-state index in [9.17, 15) is 9.59 Å². The summed E-state index contributed by atoms with van der Waals surface area (Å²) in [4.78, 5) is 35.2. The minimum atomic E-state index is -0.738. The highest BCUT2D eigenvalue weighted by molar-refractivity contribution is 5.87. The second-order valence-corrected chi connectivity index (χ2v) is 11.9. The highest BCUT2D eigenvalue weighted by Crippen LogP contribution is 2.36. The van der Waals surface area contributed by atoms with E-state index in [-0.39, 0.29) is 11.9 Å². The van der Waals surface area contributed by atoms with E-state index in [4.69, 9.17) is 0 Å². The van der Waals surface area contributed by atoms with Crippen LogP contribution in [0.5, 0.6) is 0 Å². The molecule has 190 valence electrons. The van der Waals surface area contributed by atoms with Crippen LogP contribution in [0.3, 0.4) is 0 Å².